The summed E-state index contributed by atoms with van der Waals surface area (Å²) in [6.45, 7) is 10.3. The molecule has 1 atom stereocenters. The van der Waals surface area contributed by atoms with Gasteiger partial charge in [0, 0.05) is 25.0 Å². The van der Waals surface area contributed by atoms with Crippen molar-refractivity contribution in [2.75, 3.05) is 32.8 Å². The third-order valence-electron chi connectivity index (χ3n) is 4.70. The summed E-state index contributed by atoms with van der Waals surface area (Å²) in [5, 5.41) is 8.51. The molecule has 0 bridgehead atoms. The third kappa shape index (κ3) is 4.66. The Morgan fingerprint density at radius 3 is 2.54 bits per heavy atom. The van der Waals surface area contributed by atoms with Gasteiger partial charge in [0.1, 0.15) is 0 Å². The number of carbonyl (C=O) groups is 1. The van der Waals surface area contributed by atoms with Gasteiger partial charge in [0.2, 0.25) is 0 Å². The lowest BCUT2D eigenvalue weighted by atomic mass is 9.86. The molecule has 1 aliphatic rings. The van der Waals surface area contributed by atoms with Crippen LogP contribution in [0.1, 0.15) is 48.4 Å². The summed E-state index contributed by atoms with van der Waals surface area (Å²) in [4.78, 5) is 14.6. The Morgan fingerprint density at radius 1 is 1.27 bits per heavy atom. The number of benzene rings is 1. The SMILES string of the molecule is CC(C)(C)c1ccc([C@H](CNC(=O)c2csnn2)N2CCOCC2)cc1. The number of rotatable bonds is 5. The molecule has 0 unspecified atom stereocenters. The van der Waals surface area contributed by atoms with Crippen molar-refractivity contribution in [2.24, 2.45) is 0 Å². The van der Waals surface area contributed by atoms with Crippen LogP contribution in [-0.4, -0.2) is 53.2 Å². The highest BCUT2D eigenvalue weighted by Gasteiger charge is 2.24. The molecule has 1 aliphatic heterocycles. The molecule has 0 saturated carbocycles. The lowest BCUT2D eigenvalue weighted by Gasteiger charge is -2.35. The van der Waals surface area contributed by atoms with Crippen molar-refractivity contribution in [2.45, 2.75) is 32.2 Å². The number of morpholine rings is 1. The Balaban J connectivity index is 1.75. The van der Waals surface area contributed by atoms with Gasteiger partial charge >= 0.3 is 0 Å². The molecular weight excluding hydrogens is 348 g/mol. The molecule has 26 heavy (non-hydrogen) atoms. The second-order valence-corrected chi connectivity index (χ2v) is 8.15. The molecule has 3 rings (SSSR count). The van der Waals surface area contributed by atoms with Crippen LogP contribution >= 0.6 is 11.5 Å². The summed E-state index contributed by atoms with van der Waals surface area (Å²) < 4.78 is 9.24. The van der Waals surface area contributed by atoms with E-state index >= 15 is 0 Å². The molecule has 2 heterocycles. The van der Waals surface area contributed by atoms with Crippen LogP contribution in [0.2, 0.25) is 0 Å². The standard InChI is InChI=1S/C19H26N4O2S/c1-19(2,3)15-6-4-14(5-7-15)17(23-8-10-25-11-9-23)12-20-18(24)16-13-26-22-21-16/h4-7,13,17H,8-12H2,1-3H3,(H,20,24)/t17-/m0/s1. The molecule has 6 nitrogen and oxygen atoms in total. The second kappa shape index (κ2) is 8.24. The monoisotopic (exact) mass is 374 g/mol. The highest BCUT2D eigenvalue weighted by Crippen LogP contribution is 2.26. The highest BCUT2D eigenvalue weighted by atomic mass is 32.1. The molecule has 7 heteroatoms. The van der Waals surface area contributed by atoms with Gasteiger partial charge in [-0.25, -0.2) is 0 Å². The van der Waals surface area contributed by atoms with Crippen molar-refractivity contribution in [3.63, 3.8) is 0 Å². The van der Waals surface area contributed by atoms with Crippen molar-refractivity contribution in [1.29, 1.82) is 0 Å². The van der Waals surface area contributed by atoms with E-state index in [1.54, 1.807) is 5.38 Å². The van der Waals surface area contributed by atoms with Crippen molar-refractivity contribution in [3.8, 4) is 0 Å². The highest BCUT2D eigenvalue weighted by molar-refractivity contribution is 7.03. The lowest BCUT2D eigenvalue weighted by Crippen LogP contribution is -2.43. The van der Waals surface area contributed by atoms with Gasteiger partial charge < -0.3 is 10.1 Å². The number of aromatic nitrogens is 2. The van der Waals surface area contributed by atoms with E-state index in [1.807, 2.05) is 0 Å². The Bertz CT molecular complexity index is 704. The number of nitrogens with zero attached hydrogens (tertiary/aromatic N) is 3. The molecule has 1 amide bonds. The largest absolute Gasteiger partial charge is 0.379 e. The minimum atomic E-state index is -0.177. The van der Waals surface area contributed by atoms with Gasteiger partial charge in [-0.15, -0.1) is 5.10 Å². The number of ether oxygens (including phenoxy) is 1. The number of amides is 1. The zero-order valence-corrected chi connectivity index (χ0v) is 16.4. The van der Waals surface area contributed by atoms with Crippen molar-refractivity contribution >= 4 is 17.4 Å². The maximum atomic E-state index is 12.3. The Kier molecular flexibility index (Phi) is 6.01. The van der Waals surface area contributed by atoms with E-state index in [1.165, 1.54) is 22.7 Å². The minimum Gasteiger partial charge on any atom is -0.379 e. The number of hydrogen-bond acceptors (Lipinski definition) is 6. The van der Waals surface area contributed by atoms with Crippen molar-refractivity contribution < 1.29 is 9.53 Å². The number of carbonyl (C=O) groups excluding carboxylic acids is 1. The van der Waals surface area contributed by atoms with Crippen LogP contribution in [0, 0.1) is 0 Å². The molecule has 2 aromatic rings. The first kappa shape index (κ1) is 18.9. The number of hydrogen-bond donors (Lipinski definition) is 1. The van der Waals surface area contributed by atoms with Crippen LogP contribution < -0.4 is 5.32 Å². The van der Waals surface area contributed by atoms with Crippen molar-refractivity contribution in [1.82, 2.24) is 19.8 Å². The second-order valence-electron chi connectivity index (χ2n) is 7.54. The van der Waals surface area contributed by atoms with Crippen LogP contribution in [0.3, 0.4) is 0 Å². The normalized spacial score (nSPS) is 17.0. The Hall–Kier alpha value is -1.83. The minimum absolute atomic E-state index is 0.114. The Morgan fingerprint density at radius 2 is 1.96 bits per heavy atom. The summed E-state index contributed by atoms with van der Waals surface area (Å²) in [5.41, 5.74) is 3.01. The molecule has 0 aliphatic carbocycles. The summed E-state index contributed by atoms with van der Waals surface area (Å²) in [6, 6.07) is 8.85. The maximum Gasteiger partial charge on any atom is 0.272 e. The predicted octanol–water partition coefficient (Wildman–Crippen LogP) is 2.64. The quantitative estimate of drug-likeness (QED) is 0.871. The van der Waals surface area contributed by atoms with E-state index in [9.17, 15) is 4.79 Å². The summed E-state index contributed by atoms with van der Waals surface area (Å²) in [5.74, 6) is -0.177. The molecule has 1 N–H and O–H groups in total. The van der Waals surface area contributed by atoms with Crippen molar-refractivity contribution in [3.05, 3.63) is 46.5 Å². The third-order valence-corrected chi connectivity index (χ3v) is 5.20. The van der Waals surface area contributed by atoms with Gasteiger partial charge in [0.15, 0.2) is 5.69 Å². The van der Waals surface area contributed by atoms with Crippen LogP contribution in [0.25, 0.3) is 0 Å². The molecule has 1 aromatic carbocycles. The summed E-state index contributed by atoms with van der Waals surface area (Å²) in [7, 11) is 0. The molecule has 140 valence electrons. The molecule has 0 spiro atoms. The fraction of sp³-hybridized carbons (Fsp3) is 0.526. The van der Waals surface area contributed by atoms with Gasteiger partial charge in [-0.2, -0.15) is 0 Å². The van der Waals surface area contributed by atoms with Crippen LogP contribution in [0.5, 0.6) is 0 Å². The van der Waals surface area contributed by atoms with E-state index in [0.29, 0.717) is 12.2 Å². The molecule has 1 aromatic heterocycles. The molecule has 0 radical (unpaired) electrons. The van der Waals surface area contributed by atoms with Crippen LogP contribution in [-0.2, 0) is 10.2 Å². The van der Waals surface area contributed by atoms with E-state index in [0.717, 1.165) is 26.3 Å². The molecule has 1 fully saturated rings. The Labute approximate surface area is 158 Å². The van der Waals surface area contributed by atoms with Gasteiger partial charge in [-0.1, -0.05) is 49.5 Å². The molecular formula is C19H26N4O2S. The summed E-state index contributed by atoms with van der Waals surface area (Å²) >= 11 is 1.18. The first-order valence-corrected chi connectivity index (χ1v) is 9.76. The van der Waals surface area contributed by atoms with Crippen LogP contribution in [0.4, 0.5) is 0 Å². The average Bonchev–Trinajstić information content (AvgIpc) is 3.17. The molecule has 1 saturated heterocycles. The summed E-state index contributed by atoms with van der Waals surface area (Å²) in [6.07, 6.45) is 0. The maximum absolute atomic E-state index is 12.3. The predicted molar refractivity (Wildman–Crippen MR) is 103 cm³/mol. The van der Waals surface area contributed by atoms with E-state index in [4.69, 9.17) is 4.74 Å². The van der Waals surface area contributed by atoms with E-state index in [2.05, 4.69) is 64.8 Å². The van der Waals surface area contributed by atoms with Gasteiger partial charge in [0.25, 0.3) is 5.91 Å². The zero-order chi connectivity index (χ0) is 18.6. The van der Waals surface area contributed by atoms with Gasteiger partial charge in [0.05, 0.1) is 19.3 Å². The van der Waals surface area contributed by atoms with Crippen LogP contribution in [0.15, 0.2) is 29.6 Å². The number of nitrogens with one attached hydrogen (secondary N) is 1. The smallest absolute Gasteiger partial charge is 0.272 e. The average molecular weight is 375 g/mol. The van der Waals surface area contributed by atoms with E-state index < -0.39 is 0 Å². The van der Waals surface area contributed by atoms with E-state index in [-0.39, 0.29) is 17.4 Å². The topological polar surface area (TPSA) is 67.4 Å². The first-order valence-electron chi connectivity index (χ1n) is 8.92. The fourth-order valence-corrected chi connectivity index (χ4v) is 3.53. The van der Waals surface area contributed by atoms with Gasteiger partial charge in [-0.05, 0) is 28.1 Å². The first-order chi connectivity index (χ1) is 12.4. The zero-order valence-electron chi connectivity index (χ0n) is 15.6. The lowest BCUT2D eigenvalue weighted by molar-refractivity contribution is 0.0162. The fourth-order valence-electron chi connectivity index (χ4n) is 3.10. The van der Waals surface area contributed by atoms with Gasteiger partial charge in [-0.3, -0.25) is 9.69 Å².